The predicted molar refractivity (Wildman–Crippen MR) is 106 cm³/mol. The highest BCUT2D eigenvalue weighted by Crippen LogP contribution is 2.37. The first-order valence-corrected chi connectivity index (χ1v) is 8.57. The van der Waals surface area contributed by atoms with Crippen LogP contribution in [0.2, 0.25) is 0 Å². The van der Waals surface area contributed by atoms with Crippen molar-refractivity contribution >= 4 is 23.7 Å². The Labute approximate surface area is 166 Å². The average molecular weight is 409 g/mol. The number of nitrogens with zero attached hydrogens (tertiary/aromatic N) is 1. The molecular weight excluding hydrogens is 386 g/mol. The molecule has 2 aromatic rings. The van der Waals surface area contributed by atoms with E-state index >= 15 is 0 Å². The van der Waals surface area contributed by atoms with Gasteiger partial charge in [0.2, 0.25) is 0 Å². The number of hydrogen-bond donors (Lipinski definition) is 4. The fourth-order valence-corrected chi connectivity index (χ4v) is 2.87. The highest BCUT2D eigenvalue weighted by Gasteiger charge is 2.08. The molecule has 0 radical (unpaired) electrons. The van der Waals surface area contributed by atoms with Gasteiger partial charge in [0.15, 0.2) is 0 Å². The number of rotatable bonds is 6. The zero-order chi connectivity index (χ0) is 20.4. The number of aromatic hydroxyl groups is 2. The summed E-state index contributed by atoms with van der Waals surface area (Å²) in [7, 11) is 4.05. The molecule has 2 rings (SSSR count). The minimum absolute atomic E-state index is 0. The van der Waals surface area contributed by atoms with Crippen LogP contribution in [0.3, 0.4) is 0 Å². The van der Waals surface area contributed by atoms with E-state index in [1.807, 2.05) is 32.3 Å². The normalized spacial score (nSPS) is 10.1. The number of phenols is 2. The van der Waals surface area contributed by atoms with Gasteiger partial charge in [-0.15, -0.1) is 0 Å². The Kier molecular flexibility index (Phi) is 11.1. The second-order valence-electron chi connectivity index (χ2n) is 5.61. The number of carboxylic acids is 2. The van der Waals surface area contributed by atoms with E-state index in [1.54, 1.807) is 12.1 Å². The third-order valence-corrected chi connectivity index (χ3v) is 4.17. The molecule has 9 heteroatoms. The van der Waals surface area contributed by atoms with Crippen molar-refractivity contribution in [2.45, 2.75) is 16.3 Å². The lowest BCUT2D eigenvalue weighted by Gasteiger charge is -2.14. The zero-order valence-electron chi connectivity index (χ0n) is 15.4. The highest BCUT2D eigenvalue weighted by atomic mass is 32.2. The van der Waals surface area contributed by atoms with Gasteiger partial charge in [0.05, 0.1) is 4.90 Å². The van der Waals surface area contributed by atoms with E-state index in [0.717, 1.165) is 16.3 Å². The zero-order valence-corrected chi connectivity index (χ0v) is 16.2. The molecule has 0 unspecified atom stereocenters. The molecule has 0 heterocycles. The molecule has 0 aromatic heterocycles. The maximum Gasteiger partial charge on any atom is 0.328 e. The lowest BCUT2D eigenvalue weighted by Crippen LogP contribution is -2.11. The maximum absolute atomic E-state index is 9.83. The van der Waals surface area contributed by atoms with Gasteiger partial charge in [0, 0.05) is 29.7 Å². The van der Waals surface area contributed by atoms with Crippen LogP contribution in [0.1, 0.15) is 5.56 Å². The van der Waals surface area contributed by atoms with Crippen LogP contribution < -0.4 is 0 Å². The second kappa shape index (κ2) is 12.4. The van der Waals surface area contributed by atoms with Crippen LogP contribution in [-0.2, 0) is 16.1 Å². The van der Waals surface area contributed by atoms with Gasteiger partial charge in [-0.3, -0.25) is 0 Å². The van der Waals surface area contributed by atoms with Crippen LogP contribution in [0, 0.1) is 0 Å². The lowest BCUT2D eigenvalue weighted by molar-refractivity contribution is -0.134. The van der Waals surface area contributed by atoms with Gasteiger partial charge in [-0.2, -0.15) is 0 Å². The largest absolute Gasteiger partial charge is 0.508 e. The van der Waals surface area contributed by atoms with Crippen LogP contribution >= 0.6 is 11.8 Å². The standard InChI is InChI=1S/C15H17NO2S.C4H4O4.H2O/c1-16(2)10-11-5-3-4-6-14(11)19-15-8-7-12(17)9-13(15)18;5-3(6)1-2-4(7)8;/h3-9,17-18H,10H2,1-2H3;1-2H,(H,5,6)(H,7,8);1H2/b;2-1-;. The molecule has 0 aliphatic heterocycles. The average Bonchev–Trinajstić information content (AvgIpc) is 2.57. The van der Waals surface area contributed by atoms with E-state index in [4.69, 9.17) is 10.2 Å². The Morgan fingerprint density at radius 3 is 2.04 bits per heavy atom. The summed E-state index contributed by atoms with van der Waals surface area (Å²) in [4.78, 5) is 23.1. The van der Waals surface area contributed by atoms with Crippen LogP contribution in [0.5, 0.6) is 11.5 Å². The molecule has 2 aromatic carbocycles. The molecular formula is C19H23NO7S. The molecule has 0 saturated heterocycles. The summed E-state index contributed by atoms with van der Waals surface area (Å²) < 4.78 is 0. The van der Waals surface area contributed by atoms with E-state index in [2.05, 4.69) is 11.0 Å². The molecule has 0 spiro atoms. The SMILES string of the molecule is CN(C)Cc1ccccc1Sc1ccc(O)cc1O.O.O=C(O)/C=C\C(=O)O. The Hall–Kier alpha value is -3.01. The van der Waals surface area contributed by atoms with Crippen molar-refractivity contribution in [1.29, 1.82) is 0 Å². The van der Waals surface area contributed by atoms with Crippen LogP contribution in [0.15, 0.2) is 64.4 Å². The molecule has 28 heavy (non-hydrogen) atoms. The molecule has 0 aliphatic rings. The Balaban J connectivity index is 0.000000694. The van der Waals surface area contributed by atoms with Crippen molar-refractivity contribution in [3.8, 4) is 11.5 Å². The number of benzene rings is 2. The molecule has 6 N–H and O–H groups in total. The van der Waals surface area contributed by atoms with Crippen LogP contribution in [0.25, 0.3) is 0 Å². The number of carbonyl (C=O) groups is 2. The first-order chi connectivity index (χ1) is 12.7. The van der Waals surface area contributed by atoms with Crippen molar-refractivity contribution in [1.82, 2.24) is 4.90 Å². The lowest BCUT2D eigenvalue weighted by atomic mass is 10.2. The molecule has 0 atom stereocenters. The van der Waals surface area contributed by atoms with Gasteiger partial charge < -0.3 is 30.8 Å². The highest BCUT2D eigenvalue weighted by molar-refractivity contribution is 7.99. The van der Waals surface area contributed by atoms with Gasteiger partial charge in [-0.1, -0.05) is 30.0 Å². The monoisotopic (exact) mass is 409 g/mol. The van der Waals surface area contributed by atoms with Gasteiger partial charge in [0.1, 0.15) is 11.5 Å². The third-order valence-electron chi connectivity index (χ3n) is 2.99. The molecule has 0 fully saturated rings. The molecule has 152 valence electrons. The minimum Gasteiger partial charge on any atom is -0.508 e. The molecule has 0 saturated carbocycles. The Bertz CT molecular complexity index is 806. The minimum atomic E-state index is -1.26. The number of carboxylic acid groups (broad SMARTS) is 2. The van der Waals surface area contributed by atoms with Gasteiger partial charge in [0.25, 0.3) is 0 Å². The summed E-state index contributed by atoms with van der Waals surface area (Å²) in [6, 6.07) is 12.8. The van der Waals surface area contributed by atoms with E-state index < -0.39 is 11.9 Å². The van der Waals surface area contributed by atoms with Crippen molar-refractivity contribution in [3.05, 3.63) is 60.2 Å². The molecule has 0 amide bonds. The number of phenolic OH excluding ortho intramolecular Hbond substituents is 2. The van der Waals surface area contributed by atoms with Crippen LogP contribution in [-0.4, -0.2) is 56.8 Å². The van der Waals surface area contributed by atoms with Gasteiger partial charge in [-0.25, -0.2) is 9.59 Å². The van der Waals surface area contributed by atoms with Crippen molar-refractivity contribution in [3.63, 3.8) is 0 Å². The van der Waals surface area contributed by atoms with E-state index in [1.165, 1.54) is 23.4 Å². The quantitative estimate of drug-likeness (QED) is 0.530. The topological polar surface area (TPSA) is 150 Å². The summed E-state index contributed by atoms with van der Waals surface area (Å²) in [6.45, 7) is 0.849. The molecule has 8 nitrogen and oxygen atoms in total. The predicted octanol–water partition coefficient (Wildman–Crippen LogP) is 2.20. The molecule has 0 aliphatic carbocycles. The summed E-state index contributed by atoms with van der Waals surface area (Å²) in [6.07, 6.45) is 1.12. The number of hydrogen-bond acceptors (Lipinski definition) is 6. The maximum atomic E-state index is 9.83. The second-order valence-corrected chi connectivity index (χ2v) is 6.69. The van der Waals surface area contributed by atoms with Crippen molar-refractivity contribution in [2.24, 2.45) is 0 Å². The Morgan fingerprint density at radius 1 is 0.964 bits per heavy atom. The van der Waals surface area contributed by atoms with Crippen LogP contribution in [0.4, 0.5) is 0 Å². The third kappa shape index (κ3) is 9.62. The van der Waals surface area contributed by atoms with Crippen molar-refractivity contribution in [2.75, 3.05) is 14.1 Å². The fraction of sp³-hybridized carbons (Fsp3) is 0.158. The van der Waals surface area contributed by atoms with Gasteiger partial charge >= 0.3 is 11.9 Å². The van der Waals surface area contributed by atoms with E-state index in [0.29, 0.717) is 12.2 Å². The van der Waals surface area contributed by atoms with Crippen molar-refractivity contribution < 1.29 is 35.5 Å². The summed E-state index contributed by atoms with van der Waals surface area (Å²) >= 11 is 1.50. The smallest absolute Gasteiger partial charge is 0.328 e. The van der Waals surface area contributed by atoms with E-state index in [-0.39, 0.29) is 17.0 Å². The summed E-state index contributed by atoms with van der Waals surface area (Å²) in [5, 5.41) is 34.8. The molecule has 0 bridgehead atoms. The Morgan fingerprint density at radius 2 is 1.54 bits per heavy atom. The first-order valence-electron chi connectivity index (χ1n) is 7.75. The number of aliphatic carboxylic acids is 2. The van der Waals surface area contributed by atoms with Gasteiger partial charge in [-0.05, 0) is 37.9 Å². The first kappa shape index (κ1) is 25.0. The van der Waals surface area contributed by atoms with E-state index in [9.17, 15) is 19.8 Å². The summed E-state index contributed by atoms with van der Waals surface area (Å²) in [5.74, 6) is -2.34. The summed E-state index contributed by atoms with van der Waals surface area (Å²) in [5.41, 5.74) is 1.21. The fourth-order valence-electron chi connectivity index (χ4n) is 1.93.